The van der Waals surface area contributed by atoms with E-state index in [1.165, 1.54) is 7.11 Å². The molecule has 0 fully saturated rings. The molecule has 0 aliphatic carbocycles. The van der Waals surface area contributed by atoms with Crippen molar-refractivity contribution in [1.82, 2.24) is 19.9 Å². The summed E-state index contributed by atoms with van der Waals surface area (Å²) >= 11 is 0. The van der Waals surface area contributed by atoms with Crippen molar-refractivity contribution in [2.45, 2.75) is 45.6 Å². The van der Waals surface area contributed by atoms with Gasteiger partial charge in [-0.2, -0.15) is 4.98 Å². The van der Waals surface area contributed by atoms with E-state index in [2.05, 4.69) is 10.6 Å². The summed E-state index contributed by atoms with van der Waals surface area (Å²) in [7, 11) is 1.52. The lowest BCUT2D eigenvalue weighted by atomic mass is 10.00. The van der Waals surface area contributed by atoms with Gasteiger partial charge < -0.3 is 30.8 Å². The smallest absolute Gasteiger partial charge is 0.251 e. The second-order valence-corrected chi connectivity index (χ2v) is 9.10. The minimum Gasteiger partial charge on any atom is -0.495 e. The molecule has 3 heterocycles. The number of hydrogen-bond acceptors (Lipinski definition) is 7. The van der Waals surface area contributed by atoms with Gasteiger partial charge >= 0.3 is 0 Å². The van der Waals surface area contributed by atoms with Gasteiger partial charge in [0.25, 0.3) is 11.8 Å². The summed E-state index contributed by atoms with van der Waals surface area (Å²) in [5.74, 6) is 0.760. The first kappa shape index (κ1) is 24.2. The first-order chi connectivity index (χ1) is 16.6. The van der Waals surface area contributed by atoms with Crippen LogP contribution in [0.3, 0.4) is 0 Å². The number of rotatable bonds is 8. The van der Waals surface area contributed by atoms with Gasteiger partial charge in [0.1, 0.15) is 11.6 Å². The standard InChI is InChI=1S/C25H30N6O4/c1-5-17-15-7-9-19-16(21(26)32)10-11-31(19)22(15)30-24(28-17)29-18-8-6-14(12-20(18)35-4)23(33)27-13-25(2,3)34/h6,8,10-12,34H,5,7,9,13H2,1-4H3,(H2,26,32)(H,27,33)(H,28,29,30). The molecule has 10 heteroatoms. The third-order valence-corrected chi connectivity index (χ3v) is 5.89. The SMILES string of the molecule is CCc1nc(Nc2ccc(C(=O)NCC(C)(C)O)cc2OC)nc2c1CCc1c(C(N)=O)ccn1-2. The van der Waals surface area contributed by atoms with Crippen LogP contribution in [0.25, 0.3) is 5.82 Å². The fraction of sp³-hybridized carbons (Fsp3) is 0.360. The number of methoxy groups -OCH3 is 1. The monoisotopic (exact) mass is 478 g/mol. The van der Waals surface area contributed by atoms with E-state index in [-0.39, 0.29) is 12.5 Å². The Morgan fingerprint density at radius 1 is 1.23 bits per heavy atom. The highest BCUT2D eigenvalue weighted by Gasteiger charge is 2.25. The van der Waals surface area contributed by atoms with Gasteiger partial charge in [0.2, 0.25) is 5.95 Å². The topological polar surface area (TPSA) is 144 Å². The van der Waals surface area contributed by atoms with Gasteiger partial charge in [0.05, 0.1) is 29.7 Å². The fourth-order valence-electron chi connectivity index (χ4n) is 4.16. The zero-order valence-corrected chi connectivity index (χ0v) is 20.3. The first-order valence-corrected chi connectivity index (χ1v) is 11.5. The third-order valence-electron chi connectivity index (χ3n) is 5.89. The summed E-state index contributed by atoms with van der Waals surface area (Å²) in [5.41, 5.74) is 8.82. The number of primary amides is 1. The second-order valence-electron chi connectivity index (χ2n) is 9.10. The number of anilines is 2. The van der Waals surface area contributed by atoms with E-state index >= 15 is 0 Å². The molecule has 1 aliphatic heterocycles. The number of amides is 2. The molecule has 0 spiro atoms. The van der Waals surface area contributed by atoms with Crippen LogP contribution >= 0.6 is 0 Å². The fourth-order valence-corrected chi connectivity index (χ4v) is 4.16. The van der Waals surface area contributed by atoms with Gasteiger partial charge in [0, 0.05) is 29.6 Å². The van der Waals surface area contributed by atoms with Gasteiger partial charge in [-0.05, 0) is 57.4 Å². The largest absolute Gasteiger partial charge is 0.495 e. The van der Waals surface area contributed by atoms with Gasteiger partial charge in [-0.15, -0.1) is 0 Å². The Kier molecular flexibility index (Phi) is 6.49. The highest BCUT2D eigenvalue weighted by Crippen LogP contribution is 2.32. The number of aliphatic hydroxyl groups is 1. The summed E-state index contributed by atoms with van der Waals surface area (Å²) in [6.45, 7) is 5.40. The van der Waals surface area contributed by atoms with Crippen LogP contribution < -0.4 is 21.1 Å². The van der Waals surface area contributed by atoms with Crippen molar-refractivity contribution in [3.8, 4) is 11.6 Å². The summed E-state index contributed by atoms with van der Waals surface area (Å²) < 4.78 is 7.41. The average molecular weight is 479 g/mol. The molecule has 0 saturated heterocycles. The number of carbonyl (C=O) groups is 2. The van der Waals surface area contributed by atoms with E-state index < -0.39 is 11.5 Å². The summed E-state index contributed by atoms with van der Waals surface area (Å²) in [4.78, 5) is 33.8. The van der Waals surface area contributed by atoms with E-state index in [1.807, 2.05) is 17.7 Å². The molecule has 1 aromatic carbocycles. The van der Waals surface area contributed by atoms with Crippen LogP contribution in [0.4, 0.5) is 11.6 Å². The van der Waals surface area contributed by atoms with Crippen LogP contribution in [0.15, 0.2) is 30.5 Å². The minimum absolute atomic E-state index is 0.121. The highest BCUT2D eigenvalue weighted by molar-refractivity contribution is 5.95. The van der Waals surface area contributed by atoms with Gasteiger partial charge in [-0.3, -0.25) is 9.59 Å². The molecule has 10 nitrogen and oxygen atoms in total. The maximum Gasteiger partial charge on any atom is 0.251 e. The second kappa shape index (κ2) is 9.38. The number of nitrogens with one attached hydrogen (secondary N) is 2. The van der Waals surface area contributed by atoms with E-state index in [1.54, 1.807) is 38.1 Å². The first-order valence-electron chi connectivity index (χ1n) is 11.5. The van der Waals surface area contributed by atoms with Gasteiger partial charge in [-0.25, -0.2) is 4.98 Å². The number of aromatic nitrogens is 3. The Labute approximate surface area is 203 Å². The number of nitrogens with two attached hydrogens (primary N) is 1. The lowest BCUT2D eigenvalue weighted by Gasteiger charge is -2.22. The molecule has 0 atom stereocenters. The van der Waals surface area contributed by atoms with Crippen molar-refractivity contribution in [2.75, 3.05) is 19.0 Å². The molecule has 2 amide bonds. The number of carbonyl (C=O) groups excluding carboxylic acids is 2. The quantitative estimate of drug-likeness (QED) is 0.389. The maximum atomic E-state index is 12.5. The molecular weight excluding hydrogens is 448 g/mol. The van der Waals surface area contributed by atoms with Crippen LogP contribution in [0.2, 0.25) is 0 Å². The minimum atomic E-state index is -1.01. The maximum absolute atomic E-state index is 12.5. The number of hydrogen-bond donors (Lipinski definition) is 4. The lowest BCUT2D eigenvalue weighted by Crippen LogP contribution is -2.38. The van der Waals surface area contributed by atoms with Crippen LogP contribution in [0, 0.1) is 0 Å². The van der Waals surface area contributed by atoms with Crippen molar-refractivity contribution in [2.24, 2.45) is 5.73 Å². The van der Waals surface area contributed by atoms with Gasteiger partial charge in [0.15, 0.2) is 0 Å². The number of ether oxygens (including phenoxy) is 1. The molecular formula is C25H30N6O4. The van der Waals surface area contributed by atoms with Crippen molar-refractivity contribution < 1.29 is 19.4 Å². The molecule has 3 aromatic rings. The Morgan fingerprint density at radius 2 is 2.00 bits per heavy atom. The normalized spacial score (nSPS) is 12.5. The predicted octanol–water partition coefficient (Wildman–Crippen LogP) is 2.28. The number of aryl methyl sites for hydroxylation is 1. The zero-order chi connectivity index (χ0) is 25.3. The predicted molar refractivity (Wildman–Crippen MR) is 132 cm³/mol. The Bertz CT molecular complexity index is 1290. The van der Waals surface area contributed by atoms with Crippen molar-refractivity contribution in [3.63, 3.8) is 0 Å². The number of nitrogens with zero attached hydrogens (tertiary/aromatic N) is 3. The molecule has 1 aliphatic rings. The number of benzene rings is 1. The molecule has 5 N–H and O–H groups in total. The van der Waals surface area contributed by atoms with Crippen molar-refractivity contribution in [1.29, 1.82) is 0 Å². The number of fused-ring (bicyclic) bond motifs is 3. The van der Waals surface area contributed by atoms with Crippen LogP contribution in [-0.2, 0) is 19.3 Å². The Morgan fingerprint density at radius 3 is 2.66 bits per heavy atom. The Balaban J connectivity index is 1.65. The van der Waals surface area contributed by atoms with Crippen LogP contribution in [0.1, 0.15) is 58.4 Å². The van der Waals surface area contributed by atoms with Crippen LogP contribution in [-0.4, -0.2) is 50.7 Å². The van der Waals surface area contributed by atoms with Crippen molar-refractivity contribution >= 4 is 23.5 Å². The van der Waals surface area contributed by atoms with E-state index in [0.29, 0.717) is 34.9 Å². The van der Waals surface area contributed by atoms with E-state index in [0.717, 1.165) is 35.6 Å². The van der Waals surface area contributed by atoms with Crippen LogP contribution in [0.5, 0.6) is 5.75 Å². The average Bonchev–Trinajstić information content (AvgIpc) is 3.27. The van der Waals surface area contributed by atoms with E-state index in [9.17, 15) is 14.7 Å². The summed E-state index contributed by atoms with van der Waals surface area (Å²) in [6.07, 6.45) is 3.94. The summed E-state index contributed by atoms with van der Waals surface area (Å²) in [5, 5.41) is 15.8. The summed E-state index contributed by atoms with van der Waals surface area (Å²) in [6, 6.07) is 6.72. The molecule has 2 aromatic heterocycles. The third kappa shape index (κ3) is 4.97. The highest BCUT2D eigenvalue weighted by atomic mass is 16.5. The molecule has 35 heavy (non-hydrogen) atoms. The molecule has 0 saturated carbocycles. The molecule has 184 valence electrons. The molecule has 4 rings (SSSR count). The molecule has 0 radical (unpaired) electrons. The van der Waals surface area contributed by atoms with E-state index in [4.69, 9.17) is 20.4 Å². The van der Waals surface area contributed by atoms with Crippen molar-refractivity contribution in [3.05, 3.63) is 58.5 Å². The zero-order valence-electron chi connectivity index (χ0n) is 20.3. The molecule has 0 unspecified atom stereocenters. The Hall–Kier alpha value is -3.92. The molecule has 0 bridgehead atoms. The van der Waals surface area contributed by atoms with Gasteiger partial charge in [-0.1, -0.05) is 6.92 Å². The lowest BCUT2D eigenvalue weighted by molar-refractivity contribution is 0.0694.